The molecule has 0 N–H and O–H groups in total. The molecule has 108 valence electrons. The molecule has 2 rings (SSSR count). The zero-order valence-electron chi connectivity index (χ0n) is 11.3. The Kier molecular flexibility index (Phi) is 5.00. The number of methoxy groups -OCH3 is 1. The quantitative estimate of drug-likeness (QED) is 0.616. The molecule has 0 unspecified atom stereocenters. The second-order valence-electron chi connectivity index (χ2n) is 4.80. The van der Waals surface area contributed by atoms with E-state index in [-0.39, 0.29) is 29.1 Å². The van der Waals surface area contributed by atoms with Gasteiger partial charge in [-0.2, -0.15) is 11.8 Å². The number of hydrogen-bond donors (Lipinski definition) is 0. The van der Waals surface area contributed by atoms with Crippen LogP contribution in [0.5, 0.6) is 5.75 Å². The number of nitro groups is 1. The van der Waals surface area contributed by atoms with Crippen LogP contribution in [0, 0.1) is 16.0 Å². The van der Waals surface area contributed by atoms with Crippen molar-refractivity contribution in [2.45, 2.75) is 12.3 Å². The van der Waals surface area contributed by atoms with Crippen LogP contribution in [0.4, 0.5) is 0 Å². The van der Waals surface area contributed by atoms with Gasteiger partial charge in [0.1, 0.15) is 11.5 Å². The van der Waals surface area contributed by atoms with Gasteiger partial charge in [0, 0.05) is 28.8 Å². The molecule has 0 amide bonds. The van der Waals surface area contributed by atoms with Gasteiger partial charge in [0.15, 0.2) is 0 Å². The topological polar surface area (TPSA) is 69.4 Å². The maximum absolute atomic E-state index is 12.1. The van der Waals surface area contributed by atoms with Crippen LogP contribution in [-0.4, -0.2) is 35.9 Å². The van der Waals surface area contributed by atoms with Crippen LogP contribution >= 0.6 is 11.8 Å². The van der Waals surface area contributed by atoms with Crippen molar-refractivity contribution in [3.63, 3.8) is 0 Å². The van der Waals surface area contributed by atoms with E-state index in [0.29, 0.717) is 17.9 Å². The third kappa shape index (κ3) is 3.50. The second kappa shape index (κ2) is 6.74. The van der Waals surface area contributed by atoms with Crippen LogP contribution in [0.3, 0.4) is 0 Å². The van der Waals surface area contributed by atoms with E-state index in [4.69, 9.17) is 4.74 Å². The van der Waals surface area contributed by atoms with E-state index in [2.05, 4.69) is 0 Å². The highest BCUT2D eigenvalue weighted by atomic mass is 32.2. The predicted molar refractivity (Wildman–Crippen MR) is 78.0 cm³/mol. The van der Waals surface area contributed by atoms with Gasteiger partial charge in [-0.1, -0.05) is 12.1 Å². The number of carbonyl (C=O) groups excluding carboxylic acids is 1. The summed E-state index contributed by atoms with van der Waals surface area (Å²) >= 11 is 1.69. The number of rotatable bonds is 5. The number of carbonyl (C=O) groups is 1. The van der Waals surface area contributed by atoms with Crippen molar-refractivity contribution in [3.8, 4) is 5.75 Å². The zero-order valence-corrected chi connectivity index (χ0v) is 12.1. The zero-order chi connectivity index (χ0) is 14.5. The van der Waals surface area contributed by atoms with Gasteiger partial charge in [0.2, 0.25) is 6.54 Å². The third-order valence-electron chi connectivity index (χ3n) is 3.56. The lowest BCUT2D eigenvalue weighted by atomic mass is 9.83. The molecule has 0 aromatic heterocycles. The van der Waals surface area contributed by atoms with E-state index in [1.165, 1.54) is 0 Å². The predicted octanol–water partition coefficient (Wildman–Crippen LogP) is 2.38. The van der Waals surface area contributed by atoms with E-state index in [9.17, 15) is 14.9 Å². The molecule has 1 aliphatic heterocycles. The van der Waals surface area contributed by atoms with Crippen molar-refractivity contribution in [3.05, 3.63) is 39.9 Å². The Labute approximate surface area is 121 Å². The molecule has 5 nitrogen and oxygen atoms in total. The van der Waals surface area contributed by atoms with E-state index in [0.717, 1.165) is 11.3 Å². The van der Waals surface area contributed by atoms with Gasteiger partial charge in [-0.15, -0.1) is 0 Å². The highest BCUT2D eigenvalue weighted by molar-refractivity contribution is 7.99. The minimum absolute atomic E-state index is 0.137. The average molecular weight is 295 g/mol. The number of thioether (sulfide) groups is 1. The molecule has 6 heteroatoms. The SMILES string of the molecule is COc1cccc([C@H](C[N+](=O)[O-])[C@@H]2CSCCC2=O)c1. The monoisotopic (exact) mass is 295 g/mol. The first-order valence-corrected chi connectivity index (χ1v) is 7.63. The van der Waals surface area contributed by atoms with Gasteiger partial charge in [-0.3, -0.25) is 14.9 Å². The molecular weight excluding hydrogens is 278 g/mol. The van der Waals surface area contributed by atoms with E-state index in [1.54, 1.807) is 31.0 Å². The minimum atomic E-state index is -0.375. The molecule has 1 fully saturated rings. The first kappa shape index (κ1) is 14.8. The maximum atomic E-state index is 12.1. The lowest BCUT2D eigenvalue weighted by molar-refractivity contribution is -0.484. The summed E-state index contributed by atoms with van der Waals surface area (Å²) in [7, 11) is 1.56. The van der Waals surface area contributed by atoms with E-state index < -0.39 is 0 Å². The molecule has 0 spiro atoms. The molecule has 1 aromatic carbocycles. The number of hydrogen-bond acceptors (Lipinski definition) is 5. The third-order valence-corrected chi connectivity index (χ3v) is 4.64. The Morgan fingerprint density at radius 2 is 2.35 bits per heavy atom. The van der Waals surface area contributed by atoms with Crippen molar-refractivity contribution in [1.82, 2.24) is 0 Å². The van der Waals surface area contributed by atoms with Crippen molar-refractivity contribution < 1.29 is 14.5 Å². The summed E-state index contributed by atoms with van der Waals surface area (Å²) in [6.07, 6.45) is 0.507. The average Bonchev–Trinajstić information content (AvgIpc) is 2.45. The molecule has 0 saturated carbocycles. The Morgan fingerprint density at radius 3 is 3.00 bits per heavy atom. The number of ketones is 1. The molecule has 2 atom stereocenters. The van der Waals surface area contributed by atoms with Crippen LogP contribution in [0.2, 0.25) is 0 Å². The van der Waals surface area contributed by atoms with Crippen molar-refractivity contribution in [2.24, 2.45) is 5.92 Å². The van der Waals surface area contributed by atoms with Crippen LogP contribution in [0.1, 0.15) is 17.9 Å². The van der Waals surface area contributed by atoms with Crippen LogP contribution in [-0.2, 0) is 4.79 Å². The molecular formula is C14H17NO4S. The summed E-state index contributed by atoms with van der Waals surface area (Å²) < 4.78 is 5.16. The van der Waals surface area contributed by atoms with Crippen LogP contribution in [0.15, 0.2) is 24.3 Å². The number of nitrogens with zero attached hydrogens (tertiary/aromatic N) is 1. The molecule has 20 heavy (non-hydrogen) atoms. The molecule has 0 aliphatic carbocycles. The van der Waals surface area contributed by atoms with E-state index in [1.807, 2.05) is 12.1 Å². The van der Waals surface area contributed by atoms with Gasteiger partial charge in [0.05, 0.1) is 13.0 Å². The fourth-order valence-electron chi connectivity index (χ4n) is 2.50. The van der Waals surface area contributed by atoms with Gasteiger partial charge < -0.3 is 4.74 Å². The van der Waals surface area contributed by atoms with Gasteiger partial charge in [0.25, 0.3) is 0 Å². The smallest absolute Gasteiger partial charge is 0.211 e. The first-order valence-electron chi connectivity index (χ1n) is 6.48. The first-order chi connectivity index (χ1) is 9.61. The summed E-state index contributed by atoms with van der Waals surface area (Å²) in [4.78, 5) is 22.7. The van der Waals surface area contributed by atoms with Crippen LogP contribution < -0.4 is 4.74 Å². The number of Topliss-reactive ketones (excluding diaryl/α,β-unsaturated/α-hetero) is 1. The molecule has 0 radical (unpaired) electrons. The lowest BCUT2D eigenvalue weighted by Gasteiger charge is -2.26. The fourth-order valence-corrected chi connectivity index (χ4v) is 3.68. The van der Waals surface area contributed by atoms with E-state index >= 15 is 0 Å². The Balaban J connectivity index is 2.30. The summed E-state index contributed by atoms with van der Waals surface area (Å²) in [6, 6.07) is 7.23. The van der Waals surface area contributed by atoms with Gasteiger partial charge in [-0.25, -0.2) is 0 Å². The highest BCUT2D eigenvalue weighted by Crippen LogP contribution is 2.34. The molecule has 1 saturated heterocycles. The highest BCUT2D eigenvalue weighted by Gasteiger charge is 2.35. The Bertz CT molecular complexity index is 506. The van der Waals surface area contributed by atoms with Crippen LogP contribution in [0.25, 0.3) is 0 Å². The fraction of sp³-hybridized carbons (Fsp3) is 0.500. The Morgan fingerprint density at radius 1 is 1.55 bits per heavy atom. The Hall–Kier alpha value is -1.56. The van der Waals surface area contributed by atoms with Gasteiger partial charge in [-0.05, 0) is 17.7 Å². The standard InChI is InChI=1S/C14H17NO4S/c1-19-11-4-2-3-10(7-11)12(8-15(17)18)13-9-20-6-5-14(13)16/h2-4,7,12-13H,5-6,8-9H2,1H3/t12-,13-/m0/s1. The largest absolute Gasteiger partial charge is 0.497 e. The molecule has 1 aromatic rings. The summed E-state index contributed by atoms with van der Waals surface area (Å²) in [5.41, 5.74) is 0.807. The van der Waals surface area contributed by atoms with Crippen molar-refractivity contribution >= 4 is 17.5 Å². The number of ether oxygens (including phenoxy) is 1. The van der Waals surface area contributed by atoms with Gasteiger partial charge >= 0.3 is 0 Å². The van der Waals surface area contributed by atoms with Crippen molar-refractivity contribution in [1.29, 1.82) is 0 Å². The second-order valence-corrected chi connectivity index (χ2v) is 5.95. The maximum Gasteiger partial charge on any atom is 0.211 e. The molecule has 0 bridgehead atoms. The minimum Gasteiger partial charge on any atom is -0.497 e. The summed E-state index contributed by atoms with van der Waals surface area (Å²) in [5, 5.41) is 10.9. The summed E-state index contributed by atoms with van der Waals surface area (Å²) in [5.74, 6) is 1.63. The lowest BCUT2D eigenvalue weighted by Crippen LogP contribution is -2.32. The van der Waals surface area contributed by atoms with Crippen molar-refractivity contribution in [2.75, 3.05) is 25.2 Å². The normalized spacial score (nSPS) is 20.4. The molecule has 1 aliphatic rings. The summed E-state index contributed by atoms with van der Waals surface area (Å²) in [6.45, 7) is -0.218. The molecule has 1 heterocycles. The number of benzene rings is 1.